The summed E-state index contributed by atoms with van der Waals surface area (Å²) >= 11 is 0. The first-order chi connectivity index (χ1) is 9.28. The molecule has 0 aromatic carbocycles. The Kier molecular flexibility index (Phi) is 6.11. The van der Waals surface area contributed by atoms with Gasteiger partial charge in [0, 0.05) is 18.6 Å². The summed E-state index contributed by atoms with van der Waals surface area (Å²) < 4.78 is 0. The molecule has 2 fully saturated rings. The molecule has 0 radical (unpaired) electrons. The molecule has 2 aliphatic rings. The molecule has 0 bridgehead atoms. The lowest BCUT2D eigenvalue weighted by molar-refractivity contribution is 0.205. The standard InChI is InChI=1S/C16H33N3/c1-4-19(5-2)15-10-12-18(13-15)11-9-14-7-6-8-16(14)17-3/h14-17H,4-13H2,1-3H3. The van der Waals surface area contributed by atoms with Gasteiger partial charge in [0.1, 0.15) is 0 Å². The van der Waals surface area contributed by atoms with Crippen LogP contribution >= 0.6 is 0 Å². The van der Waals surface area contributed by atoms with Crippen molar-refractivity contribution in [3.8, 4) is 0 Å². The zero-order valence-corrected chi connectivity index (χ0v) is 13.2. The monoisotopic (exact) mass is 267 g/mol. The molecule has 2 rings (SSSR count). The highest BCUT2D eigenvalue weighted by atomic mass is 15.2. The van der Waals surface area contributed by atoms with Crippen LogP contribution in [0, 0.1) is 5.92 Å². The van der Waals surface area contributed by atoms with Crippen LogP contribution in [0.5, 0.6) is 0 Å². The Morgan fingerprint density at radius 1 is 1.16 bits per heavy atom. The molecule has 0 amide bonds. The van der Waals surface area contributed by atoms with E-state index in [1.54, 1.807) is 0 Å². The van der Waals surface area contributed by atoms with Crippen LogP contribution in [0.15, 0.2) is 0 Å². The molecule has 1 aliphatic carbocycles. The molecule has 0 aromatic heterocycles. The highest BCUT2D eigenvalue weighted by molar-refractivity contribution is 4.86. The van der Waals surface area contributed by atoms with Crippen molar-refractivity contribution < 1.29 is 0 Å². The Morgan fingerprint density at radius 2 is 1.95 bits per heavy atom. The average molecular weight is 267 g/mol. The van der Waals surface area contributed by atoms with Gasteiger partial charge in [0.2, 0.25) is 0 Å². The Bertz CT molecular complexity index is 252. The zero-order chi connectivity index (χ0) is 13.7. The van der Waals surface area contributed by atoms with Crippen LogP contribution in [0.3, 0.4) is 0 Å². The first-order valence-corrected chi connectivity index (χ1v) is 8.42. The molecular formula is C16H33N3. The third-order valence-electron chi connectivity index (χ3n) is 5.42. The van der Waals surface area contributed by atoms with E-state index >= 15 is 0 Å². The lowest BCUT2D eigenvalue weighted by atomic mass is 9.99. The molecule has 19 heavy (non-hydrogen) atoms. The van der Waals surface area contributed by atoms with Gasteiger partial charge in [0.15, 0.2) is 0 Å². The van der Waals surface area contributed by atoms with Crippen LogP contribution in [0.4, 0.5) is 0 Å². The van der Waals surface area contributed by atoms with E-state index in [4.69, 9.17) is 0 Å². The maximum Gasteiger partial charge on any atom is 0.0235 e. The number of hydrogen-bond donors (Lipinski definition) is 1. The number of nitrogens with zero attached hydrogens (tertiary/aromatic N) is 2. The van der Waals surface area contributed by atoms with Crippen LogP contribution < -0.4 is 5.32 Å². The molecular weight excluding hydrogens is 234 g/mol. The molecule has 3 nitrogen and oxygen atoms in total. The molecule has 1 saturated carbocycles. The molecule has 3 atom stereocenters. The highest BCUT2D eigenvalue weighted by Gasteiger charge is 2.29. The van der Waals surface area contributed by atoms with Crippen LogP contribution in [-0.2, 0) is 0 Å². The third kappa shape index (κ3) is 3.93. The summed E-state index contributed by atoms with van der Waals surface area (Å²) in [5.74, 6) is 0.928. The van der Waals surface area contributed by atoms with Crippen molar-refractivity contribution in [1.82, 2.24) is 15.1 Å². The van der Waals surface area contributed by atoms with Gasteiger partial charge >= 0.3 is 0 Å². The first-order valence-electron chi connectivity index (χ1n) is 8.42. The largest absolute Gasteiger partial charge is 0.317 e. The van der Waals surface area contributed by atoms with Crippen molar-refractivity contribution in [2.45, 2.75) is 58.0 Å². The molecule has 1 heterocycles. The summed E-state index contributed by atoms with van der Waals surface area (Å²) in [5.41, 5.74) is 0. The fourth-order valence-electron chi connectivity index (χ4n) is 4.16. The fourth-order valence-corrected chi connectivity index (χ4v) is 4.16. The molecule has 1 aliphatic heterocycles. The summed E-state index contributed by atoms with van der Waals surface area (Å²) in [5, 5.41) is 3.51. The van der Waals surface area contributed by atoms with Crippen molar-refractivity contribution in [1.29, 1.82) is 0 Å². The van der Waals surface area contributed by atoms with Gasteiger partial charge in [-0.25, -0.2) is 0 Å². The van der Waals surface area contributed by atoms with Gasteiger partial charge in [-0.1, -0.05) is 20.3 Å². The molecule has 0 aromatic rings. The smallest absolute Gasteiger partial charge is 0.0235 e. The van der Waals surface area contributed by atoms with Crippen LogP contribution in [-0.4, -0.2) is 61.7 Å². The normalized spacial score (nSPS) is 32.5. The highest BCUT2D eigenvalue weighted by Crippen LogP contribution is 2.29. The van der Waals surface area contributed by atoms with Gasteiger partial charge in [-0.05, 0) is 64.8 Å². The van der Waals surface area contributed by atoms with E-state index in [2.05, 4.69) is 36.0 Å². The van der Waals surface area contributed by atoms with Gasteiger partial charge in [0.05, 0.1) is 0 Å². The third-order valence-corrected chi connectivity index (χ3v) is 5.42. The van der Waals surface area contributed by atoms with Gasteiger partial charge in [0.25, 0.3) is 0 Å². The second kappa shape index (κ2) is 7.61. The van der Waals surface area contributed by atoms with E-state index in [1.807, 2.05) is 0 Å². The maximum atomic E-state index is 3.51. The summed E-state index contributed by atoms with van der Waals surface area (Å²) in [7, 11) is 2.13. The predicted octanol–water partition coefficient (Wildman–Crippen LogP) is 2.18. The van der Waals surface area contributed by atoms with Crippen LogP contribution in [0.25, 0.3) is 0 Å². The minimum Gasteiger partial charge on any atom is -0.317 e. The number of rotatable bonds is 7. The van der Waals surface area contributed by atoms with Gasteiger partial charge in [-0.15, -0.1) is 0 Å². The van der Waals surface area contributed by atoms with E-state index in [1.165, 1.54) is 64.8 Å². The van der Waals surface area contributed by atoms with Gasteiger partial charge in [-0.2, -0.15) is 0 Å². The maximum absolute atomic E-state index is 3.51. The lowest BCUT2D eigenvalue weighted by Gasteiger charge is -2.27. The topological polar surface area (TPSA) is 18.5 Å². The van der Waals surface area contributed by atoms with Gasteiger partial charge in [-0.3, -0.25) is 4.90 Å². The Balaban J connectivity index is 1.70. The number of nitrogens with one attached hydrogen (secondary N) is 1. The van der Waals surface area contributed by atoms with Crippen molar-refractivity contribution in [2.24, 2.45) is 5.92 Å². The second-order valence-electron chi connectivity index (χ2n) is 6.34. The van der Waals surface area contributed by atoms with Crippen molar-refractivity contribution >= 4 is 0 Å². The SMILES string of the molecule is CCN(CC)C1CCN(CCC2CCCC2NC)C1. The summed E-state index contributed by atoms with van der Waals surface area (Å²) in [6.07, 6.45) is 7.04. The molecule has 3 heteroatoms. The summed E-state index contributed by atoms with van der Waals surface area (Å²) in [4.78, 5) is 5.33. The summed E-state index contributed by atoms with van der Waals surface area (Å²) in [6, 6.07) is 1.61. The first kappa shape index (κ1) is 15.3. The zero-order valence-electron chi connectivity index (χ0n) is 13.2. The minimum absolute atomic E-state index is 0.793. The van der Waals surface area contributed by atoms with Crippen LogP contribution in [0.1, 0.15) is 46.0 Å². The Labute approximate surface area is 119 Å². The number of likely N-dealkylation sites (N-methyl/N-ethyl adjacent to an activating group) is 1. The summed E-state index contributed by atoms with van der Waals surface area (Å²) in [6.45, 7) is 10.9. The van der Waals surface area contributed by atoms with E-state index in [0.29, 0.717) is 0 Å². The van der Waals surface area contributed by atoms with Crippen molar-refractivity contribution in [3.05, 3.63) is 0 Å². The molecule has 0 spiro atoms. The van der Waals surface area contributed by atoms with E-state index in [-0.39, 0.29) is 0 Å². The molecule has 3 unspecified atom stereocenters. The number of likely N-dealkylation sites (tertiary alicyclic amines) is 1. The van der Waals surface area contributed by atoms with Gasteiger partial charge < -0.3 is 10.2 Å². The quantitative estimate of drug-likeness (QED) is 0.763. The lowest BCUT2D eigenvalue weighted by Crippen LogP contribution is -2.38. The minimum atomic E-state index is 0.793. The molecule has 112 valence electrons. The van der Waals surface area contributed by atoms with Crippen molar-refractivity contribution in [3.63, 3.8) is 0 Å². The van der Waals surface area contributed by atoms with E-state index < -0.39 is 0 Å². The van der Waals surface area contributed by atoms with E-state index in [0.717, 1.165) is 18.0 Å². The fraction of sp³-hybridized carbons (Fsp3) is 1.00. The second-order valence-corrected chi connectivity index (χ2v) is 6.34. The van der Waals surface area contributed by atoms with Crippen molar-refractivity contribution in [2.75, 3.05) is 39.8 Å². The number of hydrogen-bond acceptors (Lipinski definition) is 3. The predicted molar refractivity (Wildman–Crippen MR) is 82.6 cm³/mol. The van der Waals surface area contributed by atoms with Crippen LogP contribution in [0.2, 0.25) is 0 Å². The molecule has 1 saturated heterocycles. The van der Waals surface area contributed by atoms with E-state index in [9.17, 15) is 0 Å². The molecule has 1 N–H and O–H groups in total. The Hall–Kier alpha value is -0.120. The average Bonchev–Trinajstić information content (AvgIpc) is 3.06. The Morgan fingerprint density at radius 3 is 2.63 bits per heavy atom.